The minimum atomic E-state index is -0.975. The third-order valence-electron chi connectivity index (χ3n) is 1.83. The summed E-state index contributed by atoms with van der Waals surface area (Å²) in [4.78, 5) is 20.3. The summed E-state index contributed by atoms with van der Waals surface area (Å²) in [6, 6.07) is 1.98. The summed E-state index contributed by atoms with van der Waals surface area (Å²) >= 11 is 0. The number of nitro benzene ring substituents is 1. The van der Waals surface area contributed by atoms with Crippen molar-refractivity contribution in [2.75, 3.05) is 0 Å². The SMILES string of the molecule is Cc1c(C(N)=O)ccc(F)c1[N+](=O)[O-]. The Bertz CT molecular complexity index is 417. The van der Waals surface area contributed by atoms with Crippen molar-refractivity contribution < 1.29 is 14.1 Å². The van der Waals surface area contributed by atoms with Gasteiger partial charge < -0.3 is 5.73 Å². The lowest BCUT2D eigenvalue weighted by molar-refractivity contribution is -0.388. The van der Waals surface area contributed by atoms with Gasteiger partial charge >= 0.3 is 5.69 Å². The molecule has 0 unspecified atom stereocenters. The van der Waals surface area contributed by atoms with Crippen molar-refractivity contribution in [1.29, 1.82) is 0 Å². The number of benzene rings is 1. The van der Waals surface area contributed by atoms with E-state index in [2.05, 4.69) is 0 Å². The number of rotatable bonds is 2. The average molecular weight is 198 g/mol. The Kier molecular flexibility index (Phi) is 2.46. The summed E-state index contributed by atoms with van der Waals surface area (Å²) < 4.78 is 13.0. The number of nitro groups is 1. The molecule has 0 bridgehead atoms. The molecule has 0 heterocycles. The number of hydrogen-bond acceptors (Lipinski definition) is 3. The Morgan fingerprint density at radius 2 is 2.14 bits per heavy atom. The molecule has 14 heavy (non-hydrogen) atoms. The van der Waals surface area contributed by atoms with Crippen LogP contribution >= 0.6 is 0 Å². The lowest BCUT2D eigenvalue weighted by atomic mass is 10.1. The van der Waals surface area contributed by atoms with Crippen molar-refractivity contribution in [3.63, 3.8) is 0 Å². The highest BCUT2D eigenvalue weighted by Gasteiger charge is 2.21. The highest BCUT2D eigenvalue weighted by molar-refractivity contribution is 5.95. The zero-order chi connectivity index (χ0) is 10.9. The van der Waals surface area contributed by atoms with Gasteiger partial charge in [0.2, 0.25) is 11.7 Å². The van der Waals surface area contributed by atoms with Crippen LogP contribution in [-0.2, 0) is 0 Å². The van der Waals surface area contributed by atoms with E-state index < -0.39 is 22.3 Å². The van der Waals surface area contributed by atoms with Gasteiger partial charge in [0.25, 0.3) is 0 Å². The normalized spacial score (nSPS) is 9.86. The third kappa shape index (κ3) is 1.54. The summed E-state index contributed by atoms with van der Waals surface area (Å²) in [6.07, 6.45) is 0. The minimum Gasteiger partial charge on any atom is -0.366 e. The van der Waals surface area contributed by atoms with Crippen LogP contribution in [0.1, 0.15) is 15.9 Å². The highest BCUT2D eigenvalue weighted by atomic mass is 19.1. The highest BCUT2D eigenvalue weighted by Crippen LogP contribution is 2.24. The first-order valence-electron chi connectivity index (χ1n) is 3.68. The number of amides is 1. The first kappa shape index (κ1) is 10.1. The van der Waals surface area contributed by atoms with Gasteiger partial charge in [0.05, 0.1) is 4.92 Å². The van der Waals surface area contributed by atoms with Gasteiger partial charge in [-0.05, 0) is 19.1 Å². The second-order valence-corrected chi connectivity index (χ2v) is 2.69. The topological polar surface area (TPSA) is 86.2 Å². The molecule has 74 valence electrons. The molecule has 0 saturated carbocycles. The zero-order valence-corrected chi connectivity index (χ0v) is 7.28. The molecule has 0 radical (unpaired) electrons. The van der Waals surface area contributed by atoms with E-state index in [-0.39, 0.29) is 11.1 Å². The molecule has 1 aromatic carbocycles. The predicted molar refractivity (Wildman–Crippen MR) is 46.3 cm³/mol. The van der Waals surface area contributed by atoms with Crippen LogP contribution in [0.15, 0.2) is 12.1 Å². The van der Waals surface area contributed by atoms with E-state index in [0.717, 1.165) is 12.1 Å². The van der Waals surface area contributed by atoms with Gasteiger partial charge in [0.1, 0.15) is 0 Å². The molecule has 2 N–H and O–H groups in total. The lowest BCUT2D eigenvalue weighted by Crippen LogP contribution is -2.14. The first-order valence-corrected chi connectivity index (χ1v) is 3.68. The van der Waals surface area contributed by atoms with Gasteiger partial charge in [-0.25, -0.2) is 0 Å². The number of carbonyl (C=O) groups is 1. The third-order valence-corrected chi connectivity index (χ3v) is 1.83. The fraction of sp³-hybridized carbons (Fsp3) is 0.125. The largest absolute Gasteiger partial charge is 0.366 e. The molecule has 0 aliphatic carbocycles. The fourth-order valence-electron chi connectivity index (χ4n) is 1.16. The standard InChI is InChI=1S/C8H7FN2O3/c1-4-5(8(10)12)2-3-6(9)7(4)11(13)14/h2-3H,1H3,(H2,10,12). The van der Waals surface area contributed by atoms with Crippen LogP contribution in [0.5, 0.6) is 0 Å². The predicted octanol–water partition coefficient (Wildman–Crippen LogP) is 1.14. The van der Waals surface area contributed by atoms with Crippen molar-refractivity contribution in [2.24, 2.45) is 5.73 Å². The van der Waals surface area contributed by atoms with Crippen molar-refractivity contribution in [1.82, 2.24) is 0 Å². The maximum atomic E-state index is 13.0. The molecule has 0 aliphatic heterocycles. The van der Waals surface area contributed by atoms with Crippen molar-refractivity contribution in [2.45, 2.75) is 6.92 Å². The summed E-state index contributed by atoms with van der Waals surface area (Å²) in [7, 11) is 0. The molecular formula is C8H7FN2O3. The first-order chi connectivity index (χ1) is 6.45. The van der Waals surface area contributed by atoms with E-state index in [1.165, 1.54) is 6.92 Å². The number of primary amides is 1. The molecule has 0 aromatic heterocycles. The van der Waals surface area contributed by atoms with Crippen LogP contribution < -0.4 is 5.73 Å². The van der Waals surface area contributed by atoms with Gasteiger partial charge in [-0.1, -0.05) is 0 Å². The molecule has 5 nitrogen and oxygen atoms in total. The molecule has 0 fully saturated rings. The van der Waals surface area contributed by atoms with Crippen LogP contribution in [0.2, 0.25) is 0 Å². The second-order valence-electron chi connectivity index (χ2n) is 2.69. The van der Waals surface area contributed by atoms with Gasteiger partial charge in [-0.2, -0.15) is 4.39 Å². The monoisotopic (exact) mass is 198 g/mol. The maximum Gasteiger partial charge on any atom is 0.308 e. The summed E-state index contributed by atoms with van der Waals surface area (Å²) in [5, 5.41) is 10.4. The quantitative estimate of drug-likeness (QED) is 0.571. The van der Waals surface area contributed by atoms with Crippen LogP contribution in [0, 0.1) is 22.9 Å². The molecule has 0 saturated heterocycles. The van der Waals surface area contributed by atoms with Crippen LogP contribution in [0.4, 0.5) is 10.1 Å². The van der Waals surface area contributed by atoms with E-state index >= 15 is 0 Å². The van der Waals surface area contributed by atoms with Gasteiger partial charge in [0.15, 0.2) is 0 Å². The second kappa shape index (κ2) is 3.41. The molecule has 0 spiro atoms. The maximum absolute atomic E-state index is 13.0. The zero-order valence-electron chi connectivity index (χ0n) is 7.28. The Morgan fingerprint density at radius 3 is 2.57 bits per heavy atom. The molecule has 0 aliphatic rings. The van der Waals surface area contributed by atoms with Crippen LogP contribution in [0.3, 0.4) is 0 Å². The smallest absolute Gasteiger partial charge is 0.308 e. The van der Waals surface area contributed by atoms with E-state index in [0.29, 0.717) is 0 Å². The van der Waals surface area contributed by atoms with Gasteiger partial charge in [-0.15, -0.1) is 0 Å². The molecule has 1 aromatic rings. The minimum absolute atomic E-state index is 0.0434. The number of nitrogens with zero attached hydrogens (tertiary/aromatic N) is 1. The Labute approximate surface area is 78.5 Å². The molecule has 1 rings (SSSR count). The molecule has 0 atom stereocenters. The van der Waals surface area contributed by atoms with Crippen LogP contribution in [-0.4, -0.2) is 10.8 Å². The van der Waals surface area contributed by atoms with Gasteiger partial charge in [-0.3, -0.25) is 14.9 Å². The summed E-state index contributed by atoms with van der Waals surface area (Å²) in [5.74, 6) is -1.79. The van der Waals surface area contributed by atoms with Gasteiger partial charge in [0, 0.05) is 11.1 Å². The molecule has 6 heteroatoms. The average Bonchev–Trinajstić information content (AvgIpc) is 2.02. The Morgan fingerprint density at radius 1 is 1.57 bits per heavy atom. The number of hydrogen-bond donors (Lipinski definition) is 1. The van der Waals surface area contributed by atoms with Crippen molar-refractivity contribution >= 4 is 11.6 Å². The van der Waals surface area contributed by atoms with E-state index in [1.807, 2.05) is 0 Å². The van der Waals surface area contributed by atoms with Crippen molar-refractivity contribution in [3.8, 4) is 0 Å². The Hall–Kier alpha value is -1.98. The van der Waals surface area contributed by atoms with Crippen LogP contribution in [0.25, 0.3) is 0 Å². The molecular weight excluding hydrogens is 191 g/mol. The fourth-order valence-corrected chi connectivity index (χ4v) is 1.16. The number of nitrogens with two attached hydrogens (primary N) is 1. The Balaban J connectivity index is 3.49. The molecule has 1 amide bonds. The number of halogens is 1. The lowest BCUT2D eigenvalue weighted by Gasteiger charge is -2.02. The van der Waals surface area contributed by atoms with E-state index in [4.69, 9.17) is 5.73 Å². The van der Waals surface area contributed by atoms with E-state index in [1.54, 1.807) is 0 Å². The van der Waals surface area contributed by atoms with E-state index in [9.17, 15) is 19.3 Å². The van der Waals surface area contributed by atoms with Crippen molar-refractivity contribution in [3.05, 3.63) is 39.2 Å². The summed E-state index contributed by atoms with van der Waals surface area (Å²) in [6.45, 7) is 1.28. The summed E-state index contributed by atoms with van der Waals surface area (Å²) in [5.41, 5.74) is 4.15. The number of carbonyl (C=O) groups excluding carboxylic acids is 1.